The summed E-state index contributed by atoms with van der Waals surface area (Å²) in [5.41, 5.74) is 33.3. The number of hydrogen-bond donors (Lipinski definition) is 0. The van der Waals surface area contributed by atoms with E-state index in [2.05, 4.69) is 407 Å². The molecule has 24 aromatic rings. The minimum Gasteiger partial charge on any atom is -0.309 e. The van der Waals surface area contributed by atoms with Crippen LogP contribution >= 0.6 is 0 Å². The standard InChI is InChI=1S/2C58H38N4/c1-4-14-41(15-5-1)52-38-53(42-16-6-2-7-17-42)60-58(59-52)43-26-24-39(25-27-43)44-30-35-57-51(36-44)49-21-11-13-23-55(49)62(57)47-32-28-40(29-33-47)45-31-34-56-50(37-45)48-20-10-12-22-54(48)61(56)46-18-8-3-9-19-46;1-4-14-41(15-5-1)52-38-53(42-16-6-2-7-17-42)60-58(59-52)43-26-24-39(25-27-43)44-31-35-56-51(36-44)49-21-11-13-23-55(49)61(56)47-32-28-40(29-33-47)45-30-34-50-48-20-10-12-22-54(48)62(57(50)37-45)46-18-8-3-9-19-46/h2*1-38H. The summed E-state index contributed by atoms with van der Waals surface area (Å²) in [5, 5.41) is 9.91. The van der Waals surface area contributed by atoms with Crippen molar-refractivity contribution in [1.82, 2.24) is 38.2 Å². The Morgan fingerprint density at radius 1 is 0.121 bits per heavy atom. The molecule has 24 rings (SSSR count). The Hall–Kier alpha value is -16.7. The van der Waals surface area contributed by atoms with E-state index in [1.807, 2.05) is 72.8 Å². The molecular weight excluding hydrogens is 1510 g/mol. The zero-order valence-electron chi connectivity index (χ0n) is 67.5. The van der Waals surface area contributed by atoms with Crippen LogP contribution in [0.5, 0.6) is 0 Å². The van der Waals surface area contributed by atoms with E-state index >= 15 is 0 Å². The highest BCUT2D eigenvalue weighted by Crippen LogP contribution is 2.43. The Labute approximate surface area is 716 Å². The topological polar surface area (TPSA) is 71.3 Å². The SMILES string of the molecule is c1ccc(-c2cc(-c3ccccc3)nc(-c3ccc(-c4ccc5c(c4)c4ccccc4n5-c4ccc(-c5ccc6c(c5)c5ccccc5n6-c5ccccc5)cc4)cc3)n2)cc1.c1ccc(-c2cc(-c3ccccc3)nc(-c3ccc(-c4ccc5c(c4)c4ccccc4n5-c4ccc(-c5ccc6c7ccccc7n(-c7ccccc7)c6c5)cc4)cc3)n2)cc1. The molecule has 0 saturated carbocycles. The second-order valence-corrected chi connectivity index (χ2v) is 31.6. The monoisotopic (exact) mass is 1580 g/mol. The zero-order chi connectivity index (χ0) is 82.0. The summed E-state index contributed by atoms with van der Waals surface area (Å²) >= 11 is 0. The Balaban J connectivity index is 0.000000143. The van der Waals surface area contributed by atoms with E-state index < -0.39 is 0 Å². The zero-order valence-corrected chi connectivity index (χ0v) is 67.5. The molecule has 6 aromatic heterocycles. The third-order valence-electron chi connectivity index (χ3n) is 24.3. The van der Waals surface area contributed by atoms with Crippen molar-refractivity contribution >= 4 is 87.2 Å². The fraction of sp³-hybridized carbons (Fsp3) is 0. The first-order valence-electron chi connectivity index (χ1n) is 42.1. The van der Waals surface area contributed by atoms with Crippen LogP contribution in [-0.2, 0) is 0 Å². The van der Waals surface area contributed by atoms with Crippen LogP contribution in [0, 0.1) is 0 Å². The lowest BCUT2D eigenvalue weighted by molar-refractivity contribution is 1.18. The van der Waals surface area contributed by atoms with Crippen molar-refractivity contribution in [3.8, 4) is 135 Å². The number of rotatable bonds is 14. The van der Waals surface area contributed by atoms with E-state index in [0.717, 1.165) is 95.5 Å². The van der Waals surface area contributed by atoms with E-state index in [0.29, 0.717) is 11.6 Å². The van der Waals surface area contributed by atoms with Gasteiger partial charge in [0.25, 0.3) is 0 Å². The summed E-state index contributed by atoms with van der Waals surface area (Å²) in [4.78, 5) is 20.2. The molecular formula is C116H76N8. The van der Waals surface area contributed by atoms with Crippen molar-refractivity contribution in [1.29, 1.82) is 0 Å². The van der Waals surface area contributed by atoms with E-state index in [4.69, 9.17) is 19.9 Å². The molecule has 0 bridgehead atoms. The Kier molecular flexibility index (Phi) is 18.1. The van der Waals surface area contributed by atoms with Gasteiger partial charge in [-0.1, -0.05) is 334 Å². The molecule has 0 amide bonds. The maximum atomic E-state index is 5.05. The van der Waals surface area contributed by atoms with Gasteiger partial charge in [-0.3, -0.25) is 0 Å². The van der Waals surface area contributed by atoms with Crippen LogP contribution in [0.3, 0.4) is 0 Å². The second-order valence-electron chi connectivity index (χ2n) is 31.6. The summed E-state index contributed by atoms with van der Waals surface area (Å²) in [7, 11) is 0. The summed E-state index contributed by atoms with van der Waals surface area (Å²) in [6.45, 7) is 0. The molecule has 124 heavy (non-hydrogen) atoms. The lowest BCUT2D eigenvalue weighted by atomic mass is 10.0. The van der Waals surface area contributed by atoms with Crippen molar-refractivity contribution in [3.63, 3.8) is 0 Å². The van der Waals surface area contributed by atoms with E-state index in [-0.39, 0.29) is 0 Å². The largest absolute Gasteiger partial charge is 0.309 e. The van der Waals surface area contributed by atoms with Crippen molar-refractivity contribution in [2.24, 2.45) is 0 Å². The van der Waals surface area contributed by atoms with Crippen LogP contribution in [0.25, 0.3) is 222 Å². The van der Waals surface area contributed by atoms with E-state index in [1.54, 1.807) is 0 Å². The van der Waals surface area contributed by atoms with E-state index in [9.17, 15) is 0 Å². The smallest absolute Gasteiger partial charge is 0.160 e. The normalized spacial score (nSPS) is 11.5. The average molecular weight is 1580 g/mol. The van der Waals surface area contributed by atoms with Gasteiger partial charge in [0.15, 0.2) is 11.6 Å². The summed E-state index contributed by atoms with van der Waals surface area (Å²) in [6, 6.07) is 164. The molecule has 8 heteroatoms. The Morgan fingerprint density at radius 3 is 0.645 bits per heavy atom. The Bertz CT molecular complexity index is 8020. The van der Waals surface area contributed by atoms with Crippen molar-refractivity contribution < 1.29 is 0 Å². The maximum Gasteiger partial charge on any atom is 0.160 e. The number of fused-ring (bicyclic) bond motifs is 12. The van der Waals surface area contributed by atoms with Gasteiger partial charge in [-0.2, -0.15) is 0 Å². The van der Waals surface area contributed by atoms with Crippen LogP contribution < -0.4 is 0 Å². The van der Waals surface area contributed by atoms with Gasteiger partial charge in [0.05, 0.1) is 66.9 Å². The van der Waals surface area contributed by atoms with Gasteiger partial charge in [0.1, 0.15) is 0 Å². The van der Waals surface area contributed by atoms with Gasteiger partial charge >= 0.3 is 0 Å². The fourth-order valence-electron chi connectivity index (χ4n) is 18.3. The fourth-order valence-corrected chi connectivity index (χ4v) is 18.3. The molecule has 0 saturated heterocycles. The number of aromatic nitrogens is 8. The summed E-state index contributed by atoms with van der Waals surface area (Å²) in [6.07, 6.45) is 0. The molecule has 580 valence electrons. The number of hydrogen-bond acceptors (Lipinski definition) is 4. The van der Waals surface area contributed by atoms with Crippen molar-refractivity contribution in [2.75, 3.05) is 0 Å². The first-order chi connectivity index (χ1) is 61.5. The molecule has 0 N–H and O–H groups in total. The number of benzene rings is 18. The predicted octanol–water partition coefficient (Wildman–Crippen LogP) is 30.0. The van der Waals surface area contributed by atoms with Gasteiger partial charge in [0.2, 0.25) is 0 Å². The Morgan fingerprint density at radius 2 is 0.331 bits per heavy atom. The second kappa shape index (κ2) is 30.9. The highest BCUT2D eigenvalue weighted by atomic mass is 15.0. The highest BCUT2D eigenvalue weighted by molar-refractivity contribution is 6.14. The van der Waals surface area contributed by atoms with Crippen LogP contribution in [0.15, 0.2) is 461 Å². The van der Waals surface area contributed by atoms with Gasteiger partial charge < -0.3 is 18.3 Å². The predicted molar refractivity (Wildman–Crippen MR) is 516 cm³/mol. The number of nitrogens with zero attached hydrogens (tertiary/aromatic N) is 8. The quantitative estimate of drug-likeness (QED) is 0.109. The van der Waals surface area contributed by atoms with Gasteiger partial charge in [-0.15, -0.1) is 0 Å². The molecule has 8 nitrogen and oxygen atoms in total. The maximum absolute atomic E-state index is 5.05. The van der Waals surface area contributed by atoms with Gasteiger partial charge in [0, 0.05) is 99.2 Å². The average Bonchev–Trinajstić information content (AvgIpc) is 1.58. The third-order valence-corrected chi connectivity index (χ3v) is 24.3. The minimum absolute atomic E-state index is 0.706. The van der Waals surface area contributed by atoms with Crippen molar-refractivity contribution in [3.05, 3.63) is 461 Å². The first kappa shape index (κ1) is 72.5. The van der Waals surface area contributed by atoms with Crippen LogP contribution in [-0.4, -0.2) is 38.2 Å². The molecule has 6 heterocycles. The molecule has 18 aromatic carbocycles. The van der Waals surface area contributed by atoms with Gasteiger partial charge in [-0.25, -0.2) is 19.9 Å². The highest BCUT2D eigenvalue weighted by Gasteiger charge is 2.22. The summed E-state index contributed by atoms with van der Waals surface area (Å²) in [5.74, 6) is 1.41. The molecule has 0 unspecified atom stereocenters. The lowest BCUT2D eigenvalue weighted by Crippen LogP contribution is -1.96. The molecule has 0 radical (unpaired) electrons. The molecule has 0 spiro atoms. The van der Waals surface area contributed by atoms with Crippen molar-refractivity contribution in [2.45, 2.75) is 0 Å². The van der Waals surface area contributed by atoms with Gasteiger partial charge in [-0.05, 0) is 172 Å². The third kappa shape index (κ3) is 13.1. The minimum atomic E-state index is 0.706. The van der Waals surface area contributed by atoms with E-state index in [1.165, 1.54) is 115 Å². The molecule has 0 aliphatic carbocycles. The number of para-hydroxylation sites is 6. The first-order valence-corrected chi connectivity index (χ1v) is 42.1. The van der Waals surface area contributed by atoms with Crippen LogP contribution in [0.1, 0.15) is 0 Å². The molecule has 0 aliphatic heterocycles. The van der Waals surface area contributed by atoms with Crippen LogP contribution in [0.2, 0.25) is 0 Å². The lowest BCUT2D eigenvalue weighted by Gasteiger charge is -2.11. The van der Waals surface area contributed by atoms with Crippen LogP contribution in [0.4, 0.5) is 0 Å². The molecule has 0 atom stereocenters. The molecule has 0 aliphatic rings. The summed E-state index contributed by atoms with van der Waals surface area (Å²) < 4.78 is 9.52. The molecule has 0 fully saturated rings.